The van der Waals surface area contributed by atoms with E-state index in [1.165, 1.54) is 25.1 Å². The van der Waals surface area contributed by atoms with E-state index >= 15 is 0 Å². The topological polar surface area (TPSA) is 97.2 Å². The predicted molar refractivity (Wildman–Crippen MR) is 69.2 cm³/mol. The average molecular weight is 301 g/mol. The van der Waals surface area contributed by atoms with Crippen LogP contribution < -0.4 is 0 Å². The van der Waals surface area contributed by atoms with Gasteiger partial charge in [-0.3, -0.25) is 0 Å². The minimum absolute atomic E-state index is 0.168. The molecule has 2 aromatic rings. The summed E-state index contributed by atoms with van der Waals surface area (Å²) in [6.07, 6.45) is 0. The molecule has 8 heteroatoms. The molecule has 0 saturated carbocycles. The molecule has 1 aromatic carbocycles. The van der Waals surface area contributed by atoms with Crippen LogP contribution in [0.1, 0.15) is 17.4 Å². The van der Waals surface area contributed by atoms with E-state index in [-0.39, 0.29) is 21.6 Å². The Balaban J connectivity index is 3.00. The lowest BCUT2D eigenvalue weighted by atomic mass is 10.2. The number of sulfone groups is 1. The number of hydrogen-bond donors (Lipinski definition) is 1. The van der Waals surface area contributed by atoms with Crippen molar-refractivity contribution in [2.75, 3.05) is 5.75 Å². The summed E-state index contributed by atoms with van der Waals surface area (Å²) in [4.78, 5) is 10.8. The summed E-state index contributed by atoms with van der Waals surface area (Å²) in [5.74, 6) is -1.68. The Kier molecular flexibility index (Phi) is 3.42. The summed E-state index contributed by atoms with van der Waals surface area (Å²) >= 11 is 5.83. The van der Waals surface area contributed by atoms with Crippen molar-refractivity contribution in [2.24, 2.45) is 0 Å². The van der Waals surface area contributed by atoms with Gasteiger partial charge in [-0.25, -0.2) is 13.2 Å². The summed E-state index contributed by atoms with van der Waals surface area (Å²) in [5, 5.41) is 16.7. The largest absolute Gasteiger partial charge is 0.476 e. The molecule has 0 fully saturated rings. The fourth-order valence-corrected chi connectivity index (χ4v) is 3.04. The molecular weight excluding hydrogens is 292 g/mol. The first kappa shape index (κ1) is 13.7. The standard InChI is InChI=1S/C11H9ClN2O4S/c1-2-19(17,18)10-7-5-6(12)3-4-8(7)13-14-9(10)11(15)16/h3-5H,2H2,1H3,(H,15,16). The highest BCUT2D eigenvalue weighted by Crippen LogP contribution is 2.27. The molecule has 0 aliphatic carbocycles. The van der Waals surface area contributed by atoms with Crippen LogP contribution >= 0.6 is 11.6 Å². The van der Waals surface area contributed by atoms with Crippen LogP contribution in [0, 0.1) is 0 Å². The normalized spacial score (nSPS) is 11.7. The molecule has 0 unspecified atom stereocenters. The first-order valence-electron chi connectivity index (χ1n) is 5.29. The monoisotopic (exact) mass is 300 g/mol. The highest BCUT2D eigenvalue weighted by atomic mass is 35.5. The number of carboxylic acid groups (broad SMARTS) is 1. The highest BCUT2D eigenvalue weighted by molar-refractivity contribution is 7.91. The molecule has 19 heavy (non-hydrogen) atoms. The molecule has 100 valence electrons. The molecule has 1 N–H and O–H groups in total. The summed E-state index contributed by atoms with van der Waals surface area (Å²) in [7, 11) is -3.76. The van der Waals surface area contributed by atoms with Gasteiger partial charge in [0.1, 0.15) is 4.90 Å². The van der Waals surface area contributed by atoms with E-state index in [0.29, 0.717) is 5.02 Å². The first-order valence-corrected chi connectivity index (χ1v) is 7.32. The van der Waals surface area contributed by atoms with Crippen LogP contribution in [0.5, 0.6) is 0 Å². The van der Waals surface area contributed by atoms with Crippen LogP contribution in [0.15, 0.2) is 23.1 Å². The van der Waals surface area contributed by atoms with Crippen LogP contribution in [0.25, 0.3) is 10.9 Å². The summed E-state index contributed by atoms with van der Waals surface area (Å²) in [6.45, 7) is 1.43. The van der Waals surface area contributed by atoms with Gasteiger partial charge >= 0.3 is 5.97 Å². The van der Waals surface area contributed by atoms with Gasteiger partial charge in [0.15, 0.2) is 15.5 Å². The van der Waals surface area contributed by atoms with Crippen molar-refractivity contribution in [1.82, 2.24) is 10.2 Å². The maximum absolute atomic E-state index is 12.1. The molecule has 6 nitrogen and oxygen atoms in total. The zero-order chi connectivity index (χ0) is 14.2. The Hall–Kier alpha value is -1.73. The molecule has 0 atom stereocenters. The molecule has 0 aliphatic heterocycles. The van der Waals surface area contributed by atoms with Gasteiger partial charge in [-0.05, 0) is 18.2 Å². The molecule has 0 bridgehead atoms. The lowest BCUT2D eigenvalue weighted by Gasteiger charge is -2.08. The number of halogens is 1. The number of aromatic nitrogens is 2. The quantitative estimate of drug-likeness (QED) is 0.928. The van der Waals surface area contributed by atoms with Gasteiger partial charge in [-0.1, -0.05) is 18.5 Å². The van der Waals surface area contributed by atoms with E-state index in [1.54, 1.807) is 0 Å². The van der Waals surface area contributed by atoms with Gasteiger partial charge in [-0.15, -0.1) is 10.2 Å². The van der Waals surface area contributed by atoms with Gasteiger partial charge < -0.3 is 5.11 Å². The van der Waals surface area contributed by atoms with Crippen molar-refractivity contribution < 1.29 is 18.3 Å². The zero-order valence-electron chi connectivity index (χ0n) is 9.79. The second kappa shape index (κ2) is 4.75. The van der Waals surface area contributed by atoms with Crippen molar-refractivity contribution in [1.29, 1.82) is 0 Å². The van der Waals surface area contributed by atoms with Gasteiger partial charge in [0, 0.05) is 10.4 Å². The molecule has 1 aromatic heterocycles. The van der Waals surface area contributed by atoms with Crippen molar-refractivity contribution in [2.45, 2.75) is 11.8 Å². The molecule has 1 heterocycles. The number of carbonyl (C=O) groups is 1. The van der Waals surface area contributed by atoms with E-state index in [0.717, 1.165) is 0 Å². The van der Waals surface area contributed by atoms with Crippen LogP contribution in [-0.2, 0) is 9.84 Å². The fraction of sp³-hybridized carbons (Fsp3) is 0.182. The van der Waals surface area contributed by atoms with Crippen LogP contribution in [0.3, 0.4) is 0 Å². The third kappa shape index (κ3) is 2.39. The Bertz CT molecular complexity index is 774. The highest BCUT2D eigenvalue weighted by Gasteiger charge is 2.26. The van der Waals surface area contributed by atoms with Crippen molar-refractivity contribution in [3.63, 3.8) is 0 Å². The number of hydrogen-bond acceptors (Lipinski definition) is 5. The third-order valence-corrected chi connectivity index (χ3v) is 4.60. The average Bonchev–Trinajstić information content (AvgIpc) is 2.36. The second-order valence-electron chi connectivity index (χ2n) is 3.75. The number of aromatic carboxylic acids is 1. The number of nitrogens with zero attached hydrogens (tertiary/aromatic N) is 2. The Morgan fingerprint density at radius 1 is 1.37 bits per heavy atom. The molecule has 2 rings (SSSR count). The smallest absolute Gasteiger partial charge is 0.357 e. The molecule has 0 spiro atoms. The Morgan fingerprint density at radius 2 is 2.05 bits per heavy atom. The van der Waals surface area contributed by atoms with E-state index in [9.17, 15) is 13.2 Å². The summed E-state index contributed by atoms with van der Waals surface area (Å²) in [6, 6.07) is 4.40. The maximum atomic E-state index is 12.1. The number of fused-ring (bicyclic) bond motifs is 1. The fourth-order valence-electron chi connectivity index (χ4n) is 1.65. The molecular formula is C11H9ClN2O4S. The molecule has 0 radical (unpaired) electrons. The Morgan fingerprint density at radius 3 is 2.63 bits per heavy atom. The minimum atomic E-state index is -3.76. The maximum Gasteiger partial charge on any atom is 0.357 e. The zero-order valence-corrected chi connectivity index (χ0v) is 11.4. The van der Waals surface area contributed by atoms with E-state index in [2.05, 4.69) is 10.2 Å². The van der Waals surface area contributed by atoms with Gasteiger partial charge in [-0.2, -0.15) is 0 Å². The third-order valence-electron chi connectivity index (χ3n) is 2.57. The molecule has 0 aliphatic rings. The number of carboxylic acids is 1. The lowest BCUT2D eigenvalue weighted by Crippen LogP contribution is -2.14. The first-order chi connectivity index (χ1) is 8.86. The van der Waals surface area contributed by atoms with Gasteiger partial charge in [0.2, 0.25) is 0 Å². The van der Waals surface area contributed by atoms with Crippen molar-refractivity contribution >= 4 is 38.3 Å². The number of rotatable bonds is 3. The second-order valence-corrected chi connectivity index (χ2v) is 6.40. The summed E-state index contributed by atoms with van der Waals surface area (Å²) in [5.41, 5.74) is -0.307. The van der Waals surface area contributed by atoms with Gasteiger partial charge in [0.05, 0.1) is 11.3 Å². The van der Waals surface area contributed by atoms with E-state index in [4.69, 9.17) is 16.7 Å². The SMILES string of the molecule is CCS(=O)(=O)c1c(C(=O)O)nnc2ccc(Cl)cc12. The van der Waals surface area contributed by atoms with Crippen molar-refractivity contribution in [3.05, 3.63) is 28.9 Å². The lowest BCUT2D eigenvalue weighted by molar-refractivity contribution is 0.0685. The summed E-state index contributed by atoms with van der Waals surface area (Å²) < 4.78 is 24.2. The molecule has 0 amide bonds. The van der Waals surface area contributed by atoms with E-state index < -0.39 is 21.5 Å². The van der Waals surface area contributed by atoms with Crippen molar-refractivity contribution in [3.8, 4) is 0 Å². The van der Waals surface area contributed by atoms with E-state index in [1.807, 2.05) is 0 Å². The van der Waals surface area contributed by atoms with Crippen LogP contribution in [0.4, 0.5) is 0 Å². The Labute approximate surface area is 114 Å². The van der Waals surface area contributed by atoms with Crippen LogP contribution in [-0.4, -0.2) is 35.4 Å². The number of benzene rings is 1. The predicted octanol–water partition coefficient (Wildman–Crippen LogP) is 1.77. The van der Waals surface area contributed by atoms with Crippen LogP contribution in [0.2, 0.25) is 5.02 Å². The molecule has 0 saturated heterocycles. The van der Waals surface area contributed by atoms with Gasteiger partial charge in [0.25, 0.3) is 0 Å². The minimum Gasteiger partial charge on any atom is -0.476 e.